The number of aryl methyl sites for hydroxylation is 1. The third kappa shape index (κ3) is 6.74. The third-order valence-electron chi connectivity index (χ3n) is 6.07. The molecule has 1 unspecified atom stereocenters. The number of H-pyrrole nitrogens is 1. The summed E-state index contributed by atoms with van der Waals surface area (Å²) in [5.74, 6) is -0.841. The molecule has 2 aromatic carbocycles. The van der Waals surface area contributed by atoms with E-state index in [4.69, 9.17) is 29.0 Å². The zero-order valence-electron chi connectivity index (χ0n) is 22.3. The second kappa shape index (κ2) is 12.2. The maximum atomic E-state index is 14.2. The van der Waals surface area contributed by atoms with E-state index in [1.807, 2.05) is 0 Å². The van der Waals surface area contributed by atoms with E-state index in [0.29, 0.717) is 16.7 Å². The number of fused-ring (bicyclic) bond motifs is 1. The predicted octanol–water partition coefficient (Wildman–Crippen LogP) is 4.58. The zero-order chi connectivity index (χ0) is 29.9. The molecule has 15 heteroatoms. The minimum Gasteiger partial charge on any atom is -0.424 e. The van der Waals surface area contributed by atoms with Gasteiger partial charge in [0.1, 0.15) is 24.6 Å². The first kappa shape index (κ1) is 29.1. The van der Waals surface area contributed by atoms with Gasteiger partial charge in [-0.3, -0.25) is 18.9 Å². The van der Waals surface area contributed by atoms with E-state index >= 15 is 0 Å². The minimum absolute atomic E-state index is 0.00350. The highest BCUT2D eigenvalue weighted by Crippen LogP contribution is 2.50. The standard InChI is InChI=1S/C27H26F2N5O7P/c1-16-6-7-19(11-21(16)29)24-22(40-17(2)41-24)13-39-42(36,38-12-18-4-3-5-20(28)10-18)15-37-9-8-34-14-31-23-25(34)32-27(30)33-26(23)35/h3-7,10-11,14H,2,8-9,12-13,15H2,1H3,(H3,30,32,33,35). The first-order valence-electron chi connectivity index (χ1n) is 12.6. The molecule has 0 aliphatic carbocycles. The summed E-state index contributed by atoms with van der Waals surface area (Å²) in [5, 5.41) is 0. The van der Waals surface area contributed by atoms with E-state index in [1.165, 1.54) is 30.6 Å². The Morgan fingerprint density at radius 3 is 2.74 bits per heavy atom. The number of nitrogen functional groups attached to an aromatic ring is 1. The molecule has 0 amide bonds. The van der Waals surface area contributed by atoms with Gasteiger partial charge in [-0.25, -0.2) is 13.8 Å². The highest BCUT2D eigenvalue weighted by molar-refractivity contribution is 7.53. The molecule has 4 aromatic rings. The topological polar surface area (TPSA) is 153 Å². The Morgan fingerprint density at radius 1 is 1.14 bits per heavy atom. The fourth-order valence-electron chi connectivity index (χ4n) is 3.97. The maximum absolute atomic E-state index is 14.2. The number of halogens is 2. The number of aromatic amines is 1. The molecular weight excluding hydrogens is 575 g/mol. The molecule has 220 valence electrons. The number of nitrogens with zero attached hydrogens (tertiary/aromatic N) is 3. The van der Waals surface area contributed by atoms with Gasteiger partial charge in [0.25, 0.3) is 11.5 Å². The predicted molar refractivity (Wildman–Crippen MR) is 147 cm³/mol. The van der Waals surface area contributed by atoms with E-state index in [0.717, 1.165) is 0 Å². The van der Waals surface area contributed by atoms with E-state index in [9.17, 15) is 18.1 Å². The van der Waals surface area contributed by atoms with Gasteiger partial charge in [0, 0.05) is 12.1 Å². The number of benzene rings is 2. The van der Waals surface area contributed by atoms with Crippen LogP contribution in [0.2, 0.25) is 0 Å². The Kier molecular flexibility index (Phi) is 8.50. The molecule has 0 spiro atoms. The average molecular weight is 602 g/mol. The van der Waals surface area contributed by atoms with E-state index in [-0.39, 0.29) is 54.3 Å². The van der Waals surface area contributed by atoms with Crippen LogP contribution in [0, 0.1) is 18.6 Å². The number of rotatable bonds is 12. The monoisotopic (exact) mass is 601 g/mol. The Hall–Kier alpha value is -4.36. The van der Waals surface area contributed by atoms with Gasteiger partial charge < -0.3 is 29.0 Å². The Bertz CT molecular complexity index is 1790. The van der Waals surface area contributed by atoms with Gasteiger partial charge >= 0.3 is 7.60 Å². The van der Waals surface area contributed by atoms with Crippen molar-refractivity contribution in [2.75, 3.05) is 25.3 Å². The summed E-state index contributed by atoms with van der Waals surface area (Å²) in [4.78, 5) is 22.5. The summed E-state index contributed by atoms with van der Waals surface area (Å²) >= 11 is 0. The molecule has 1 aliphatic rings. The second-order valence-corrected chi connectivity index (χ2v) is 11.2. The van der Waals surface area contributed by atoms with Crippen LogP contribution in [0.4, 0.5) is 14.7 Å². The van der Waals surface area contributed by atoms with Crippen LogP contribution in [0.25, 0.3) is 16.9 Å². The largest absolute Gasteiger partial charge is 0.424 e. The van der Waals surface area contributed by atoms with Crippen LogP contribution in [0.5, 0.6) is 0 Å². The van der Waals surface area contributed by atoms with Gasteiger partial charge in [-0.2, -0.15) is 4.98 Å². The molecule has 1 atom stereocenters. The summed E-state index contributed by atoms with van der Waals surface area (Å²) in [7, 11) is -4.01. The Morgan fingerprint density at radius 2 is 1.95 bits per heavy atom. The summed E-state index contributed by atoms with van der Waals surface area (Å²) in [6, 6.07) is 10.1. The molecule has 0 saturated carbocycles. The van der Waals surface area contributed by atoms with E-state index < -0.39 is 37.7 Å². The first-order chi connectivity index (χ1) is 20.1. The quantitative estimate of drug-likeness (QED) is 0.174. The number of aromatic nitrogens is 4. The number of nitrogens with one attached hydrogen (secondary N) is 1. The van der Waals surface area contributed by atoms with Crippen molar-refractivity contribution in [3.05, 3.63) is 106 Å². The van der Waals surface area contributed by atoms with Crippen LogP contribution in [0.3, 0.4) is 0 Å². The van der Waals surface area contributed by atoms with Gasteiger partial charge in [0.2, 0.25) is 5.95 Å². The van der Waals surface area contributed by atoms with E-state index in [2.05, 4.69) is 21.5 Å². The molecule has 12 nitrogen and oxygen atoms in total. The lowest BCUT2D eigenvalue weighted by atomic mass is 10.1. The van der Waals surface area contributed by atoms with Crippen LogP contribution in [0.1, 0.15) is 16.7 Å². The maximum Gasteiger partial charge on any atom is 0.356 e. The fourth-order valence-corrected chi connectivity index (χ4v) is 5.20. The summed E-state index contributed by atoms with van der Waals surface area (Å²) in [5.41, 5.74) is 6.73. The van der Waals surface area contributed by atoms with Crippen molar-refractivity contribution >= 4 is 30.5 Å². The second-order valence-electron chi connectivity index (χ2n) is 9.18. The highest BCUT2D eigenvalue weighted by atomic mass is 31.2. The van der Waals surface area contributed by atoms with Crippen LogP contribution in [-0.2, 0) is 41.0 Å². The number of imidazole rings is 1. The van der Waals surface area contributed by atoms with Gasteiger partial charge in [-0.05, 0) is 42.8 Å². The lowest BCUT2D eigenvalue weighted by Crippen LogP contribution is -2.13. The summed E-state index contributed by atoms with van der Waals surface area (Å²) in [6.45, 7) is 4.80. The molecule has 2 aromatic heterocycles. The minimum atomic E-state index is -4.01. The third-order valence-corrected chi connectivity index (χ3v) is 7.61. The van der Waals surface area contributed by atoms with Gasteiger partial charge in [-0.1, -0.05) is 24.3 Å². The van der Waals surface area contributed by atoms with Crippen molar-refractivity contribution in [1.29, 1.82) is 0 Å². The van der Waals surface area contributed by atoms with Crippen LogP contribution in [-0.4, -0.2) is 39.1 Å². The van der Waals surface area contributed by atoms with E-state index in [1.54, 1.807) is 29.7 Å². The normalized spacial score (nSPS) is 14.7. The molecule has 0 fully saturated rings. The zero-order valence-corrected chi connectivity index (χ0v) is 23.2. The average Bonchev–Trinajstić information content (AvgIpc) is 3.53. The van der Waals surface area contributed by atoms with Crippen LogP contribution < -0.4 is 11.3 Å². The molecular formula is C27H26F2N5O7P. The number of ether oxygens (including phenoxy) is 3. The lowest BCUT2D eigenvalue weighted by Gasteiger charge is -2.19. The lowest BCUT2D eigenvalue weighted by molar-refractivity contribution is 0.114. The van der Waals surface area contributed by atoms with Crippen LogP contribution >= 0.6 is 7.60 Å². The smallest absolute Gasteiger partial charge is 0.356 e. The molecule has 3 N–H and O–H groups in total. The van der Waals surface area contributed by atoms with Gasteiger partial charge in [0.15, 0.2) is 22.7 Å². The number of hydrogen-bond acceptors (Lipinski definition) is 10. The van der Waals surface area contributed by atoms with Crippen molar-refractivity contribution in [2.24, 2.45) is 0 Å². The van der Waals surface area contributed by atoms with Crippen molar-refractivity contribution in [1.82, 2.24) is 19.5 Å². The number of anilines is 1. The Labute approximate surface area is 237 Å². The molecule has 0 radical (unpaired) electrons. The van der Waals surface area contributed by atoms with Crippen molar-refractivity contribution in [3.63, 3.8) is 0 Å². The molecule has 1 aliphatic heterocycles. The van der Waals surface area contributed by atoms with Gasteiger partial charge in [0.05, 0.1) is 19.5 Å². The molecule has 3 heterocycles. The highest BCUT2D eigenvalue weighted by Gasteiger charge is 2.31. The summed E-state index contributed by atoms with van der Waals surface area (Å²) in [6.07, 6.45) is 0.910. The molecule has 0 saturated heterocycles. The van der Waals surface area contributed by atoms with Crippen molar-refractivity contribution in [3.8, 4) is 0 Å². The fraction of sp³-hybridized carbons (Fsp3) is 0.222. The Balaban J connectivity index is 1.30. The molecule has 5 rings (SSSR count). The molecule has 42 heavy (non-hydrogen) atoms. The number of hydrogen-bond donors (Lipinski definition) is 2. The number of nitrogens with two attached hydrogens (primary N) is 1. The molecule has 0 bridgehead atoms. The van der Waals surface area contributed by atoms with Crippen molar-refractivity contribution < 1.29 is 36.6 Å². The van der Waals surface area contributed by atoms with Gasteiger partial charge in [-0.15, -0.1) is 0 Å². The SMILES string of the molecule is C=C1OC(COP(=O)(COCCn2cnc3c(=O)[nH]c(N)nc32)OCc2cccc(F)c2)=C(c2ccc(C)c(F)c2)O1. The summed E-state index contributed by atoms with van der Waals surface area (Å²) < 4.78 is 71.2. The van der Waals surface area contributed by atoms with Crippen LogP contribution in [0.15, 0.2) is 71.9 Å². The first-order valence-corrected chi connectivity index (χ1v) is 14.3. The van der Waals surface area contributed by atoms with Crippen molar-refractivity contribution in [2.45, 2.75) is 20.1 Å².